The molecule has 158 valence electrons. The number of hydrogen-bond donors (Lipinski definition) is 2. The van der Waals surface area contributed by atoms with E-state index < -0.39 is 16.0 Å². The minimum absolute atomic E-state index is 0.0587. The maximum atomic E-state index is 12.8. The summed E-state index contributed by atoms with van der Waals surface area (Å²) < 4.78 is 33.8. The van der Waals surface area contributed by atoms with Crippen LogP contribution < -0.4 is 9.62 Å². The second-order valence-electron chi connectivity index (χ2n) is 7.01. The van der Waals surface area contributed by atoms with Crippen LogP contribution >= 0.6 is 23.2 Å². The van der Waals surface area contributed by atoms with Crippen LogP contribution in [0.4, 0.5) is 5.69 Å². The molecule has 30 heavy (non-hydrogen) atoms. The van der Waals surface area contributed by atoms with Crippen molar-refractivity contribution >= 4 is 55.9 Å². The molecule has 1 aromatic heterocycles. The van der Waals surface area contributed by atoms with Crippen LogP contribution in [-0.4, -0.2) is 38.6 Å². The number of aromatic carboxylic acids is 1. The number of fused-ring (bicyclic) bond motifs is 1. The van der Waals surface area contributed by atoms with Gasteiger partial charge in [-0.25, -0.2) is 17.9 Å². The van der Waals surface area contributed by atoms with Crippen molar-refractivity contribution in [1.82, 2.24) is 4.72 Å². The Bertz CT molecular complexity index is 1200. The number of sulfonamides is 1. The lowest BCUT2D eigenvalue weighted by molar-refractivity contribution is 0.0665. The number of nitrogens with zero attached hydrogens (tertiary/aromatic N) is 1. The zero-order chi connectivity index (χ0) is 21.5. The SMILES string of the molecule is O=C(O)c1oc2ccccc2c1N1CCC(NS(=O)(=O)c2c(Cl)cccc2Cl)CC1. The first-order chi connectivity index (χ1) is 14.3. The first-order valence-electron chi connectivity index (χ1n) is 9.24. The van der Waals surface area contributed by atoms with Gasteiger partial charge in [-0.2, -0.15) is 0 Å². The summed E-state index contributed by atoms with van der Waals surface area (Å²) in [6, 6.07) is 11.3. The molecule has 0 radical (unpaired) electrons. The van der Waals surface area contributed by atoms with Gasteiger partial charge in [0.15, 0.2) is 0 Å². The molecule has 0 saturated carbocycles. The lowest BCUT2D eigenvalue weighted by Gasteiger charge is -2.33. The highest BCUT2D eigenvalue weighted by Crippen LogP contribution is 2.36. The van der Waals surface area contributed by atoms with Crippen LogP contribution in [0.1, 0.15) is 23.4 Å². The molecule has 1 aliphatic heterocycles. The summed E-state index contributed by atoms with van der Waals surface area (Å²) >= 11 is 12.1. The third kappa shape index (κ3) is 3.88. The fourth-order valence-corrected chi connectivity index (χ4v) is 6.18. The van der Waals surface area contributed by atoms with Crippen molar-refractivity contribution in [2.45, 2.75) is 23.8 Å². The van der Waals surface area contributed by atoms with Crippen LogP contribution in [0.15, 0.2) is 51.8 Å². The van der Waals surface area contributed by atoms with Crippen molar-refractivity contribution in [2.75, 3.05) is 18.0 Å². The van der Waals surface area contributed by atoms with Crippen LogP contribution in [0.25, 0.3) is 11.0 Å². The third-order valence-electron chi connectivity index (χ3n) is 5.08. The fourth-order valence-electron chi connectivity index (χ4n) is 3.73. The largest absolute Gasteiger partial charge is 0.475 e. The van der Waals surface area contributed by atoms with E-state index in [1.807, 2.05) is 17.0 Å². The van der Waals surface area contributed by atoms with Crippen LogP contribution in [-0.2, 0) is 10.0 Å². The van der Waals surface area contributed by atoms with E-state index in [0.29, 0.717) is 37.2 Å². The number of carboxylic acids is 1. The maximum absolute atomic E-state index is 12.8. The molecule has 0 spiro atoms. The average molecular weight is 469 g/mol. The average Bonchev–Trinajstić information content (AvgIpc) is 3.08. The number of hydrogen-bond acceptors (Lipinski definition) is 5. The molecule has 3 aromatic rings. The third-order valence-corrected chi connectivity index (χ3v) is 7.56. The molecule has 0 atom stereocenters. The molecule has 2 aromatic carbocycles. The smallest absolute Gasteiger partial charge is 0.374 e. The molecule has 0 amide bonds. The molecule has 0 unspecified atom stereocenters. The van der Waals surface area contributed by atoms with Gasteiger partial charge in [-0.15, -0.1) is 0 Å². The number of piperidine rings is 1. The standard InChI is InChI=1S/C20H18Cl2N2O5S/c21-14-5-3-6-15(22)19(14)30(27,28)23-12-8-10-24(11-9-12)17-13-4-1-2-7-16(13)29-18(17)20(25)26/h1-7,12,23H,8-11H2,(H,25,26). The van der Waals surface area contributed by atoms with E-state index in [9.17, 15) is 18.3 Å². The highest BCUT2D eigenvalue weighted by molar-refractivity contribution is 7.89. The van der Waals surface area contributed by atoms with E-state index >= 15 is 0 Å². The van der Waals surface area contributed by atoms with Crippen molar-refractivity contribution in [2.24, 2.45) is 0 Å². The summed E-state index contributed by atoms with van der Waals surface area (Å²) in [5, 5.41) is 10.4. The minimum atomic E-state index is -3.89. The van der Waals surface area contributed by atoms with Gasteiger partial charge in [-0.1, -0.05) is 41.4 Å². The molecule has 0 bridgehead atoms. The number of para-hydroxylation sites is 1. The Morgan fingerprint density at radius 2 is 1.70 bits per heavy atom. The number of rotatable bonds is 5. The molecule has 4 rings (SSSR count). The molecular formula is C20H18Cl2N2O5S. The molecule has 1 aliphatic rings. The van der Waals surface area contributed by atoms with Gasteiger partial charge in [0.1, 0.15) is 10.5 Å². The highest BCUT2D eigenvalue weighted by atomic mass is 35.5. The molecule has 2 heterocycles. The fraction of sp³-hybridized carbons (Fsp3) is 0.250. The first-order valence-corrected chi connectivity index (χ1v) is 11.5. The molecule has 1 fully saturated rings. The number of carbonyl (C=O) groups is 1. The monoisotopic (exact) mass is 468 g/mol. The summed E-state index contributed by atoms with van der Waals surface area (Å²) in [6.45, 7) is 0.931. The quantitative estimate of drug-likeness (QED) is 0.575. The summed E-state index contributed by atoms with van der Waals surface area (Å²) in [5.74, 6) is -1.25. The van der Waals surface area contributed by atoms with E-state index in [1.165, 1.54) is 12.1 Å². The van der Waals surface area contributed by atoms with Crippen LogP contribution in [0.3, 0.4) is 0 Å². The number of anilines is 1. The van der Waals surface area contributed by atoms with Gasteiger partial charge in [-0.05, 0) is 37.1 Å². The summed E-state index contributed by atoms with van der Waals surface area (Å²) in [7, 11) is -3.89. The Morgan fingerprint density at radius 3 is 2.33 bits per heavy atom. The predicted octanol–water partition coefficient (Wildman–Crippen LogP) is 4.39. The van der Waals surface area contributed by atoms with Gasteiger partial charge in [-0.3, -0.25) is 0 Å². The molecule has 2 N–H and O–H groups in total. The Kier molecular flexibility index (Phi) is 5.67. The Balaban J connectivity index is 1.53. The summed E-state index contributed by atoms with van der Waals surface area (Å²) in [4.78, 5) is 13.5. The number of nitrogens with one attached hydrogen (secondary N) is 1. The van der Waals surface area contributed by atoms with Gasteiger partial charge in [0, 0.05) is 24.5 Å². The maximum Gasteiger partial charge on any atom is 0.374 e. The summed E-state index contributed by atoms with van der Waals surface area (Å²) in [6.07, 6.45) is 0.972. The second kappa shape index (κ2) is 8.11. The molecule has 7 nitrogen and oxygen atoms in total. The zero-order valence-electron chi connectivity index (χ0n) is 15.6. The van der Waals surface area contributed by atoms with E-state index in [2.05, 4.69) is 4.72 Å². The second-order valence-corrected chi connectivity index (χ2v) is 9.48. The Morgan fingerprint density at radius 1 is 1.07 bits per heavy atom. The van der Waals surface area contributed by atoms with Crippen molar-refractivity contribution in [3.63, 3.8) is 0 Å². The van der Waals surface area contributed by atoms with Gasteiger partial charge in [0.25, 0.3) is 0 Å². The zero-order valence-corrected chi connectivity index (χ0v) is 18.0. The van der Waals surface area contributed by atoms with Gasteiger partial charge >= 0.3 is 5.97 Å². The van der Waals surface area contributed by atoms with Crippen LogP contribution in [0.2, 0.25) is 10.0 Å². The van der Waals surface area contributed by atoms with Crippen molar-refractivity contribution in [3.8, 4) is 0 Å². The number of carboxylic acid groups (broad SMARTS) is 1. The summed E-state index contributed by atoms with van der Waals surface area (Å²) in [5.41, 5.74) is 1.02. The van der Waals surface area contributed by atoms with E-state index in [0.717, 1.165) is 5.39 Å². The van der Waals surface area contributed by atoms with E-state index in [1.54, 1.807) is 18.2 Å². The molecule has 0 aliphatic carbocycles. The van der Waals surface area contributed by atoms with Crippen molar-refractivity contribution < 1.29 is 22.7 Å². The Labute approximate surface area is 183 Å². The Hall–Kier alpha value is -2.26. The van der Waals surface area contributed by atoms with Crippen LogP contribution in [0, 0.1) is 0 Å². The van der Waals surface area contributed by atoms with Crippen molar-refractivity contribution in [1.29, 1.82) is 0 Å². The molecule has 1 saturated heterocycles. The molecule has 10 heteroatoms. The number of benzene rings is 2. The van der Waals surface area contributed by atoms with Gasteiger partial charge < -0.3 is 14.4 Å². The predicted molar refractivity (Wildman–Crippen MR) is 115 cm³/mol. The van der Waals surface area contributed by atoms with E-state index in [-0.39, 0.29) is 26.7 Å². The first kappa shape index (κ1) is 21.0. The normalized spacial score (nSPS) is 15.6. The lowest BCUT2D eigenvalue weighted by atomic mass is 10.0. The lowest BCUT2D eigenvalue weighted by Crippen LogP contribution is -2.45. The minimum Gasteiger partial charge on any atom is -0.475 e. The highest BCUT2D eigenvalue weighted by Gasteiger charge is 2.31. The number of furan rings is 1. The van der Waals surface area contributed by atoms with Crippen molar-refractivity contribution in [3.05, 3.63) is 58.3 Å². The van der Waals surface area contributed by atoms with Gasteiger partial charge in [0.2, 0.25) is 15.8 Å². The topological polar surface area (TPSA) is 99.8 Å². The van der Waals surface area contributed by atoms with Crippen LogP contribution in [0.5, 0.6) is 0 Å². The molecular weight excluding hydrogens is 451 g/mol. The van der Waals surface area contributed by atoms with Gasteiger partial charge in [0.05, 0.1) is 15.7 Å². The van der Waals surface area contributed by atoms with E-state index in [4.69, 9.17) is 27.6 Å². The number of halogens is 2.